The van der Waals surface area contributed by atoms with Crippen molar-refractivity contribution >= 4 is 46.4 Å². The number of aryl methyl sites for hydroxylation is 1. The van der Waals surface area contributed by atoms with E-state index in [1.807, 2.05) is 30.9 Å². The number of rotatable bonds is 6. The summed E-state index contributed by atoms with van der Waals surface area (Å²) >= 11 is 13.9. The molecule has 0 aliphatic carbocycles. The minimum Gasteiger partial charge on any atom is -0.330 e. The summed E-state index contributed by atoms with van der Waals surface area (Å²) < 4.78 is 0. The van der Waals surface area contributed by atoms with Crippen LogP contribution in [0.5, 0.6) is 0 Å². The molecule has 0 bridgehead atoms. The van der Waals surface area contributed by atoms with E-state index in [0.717, 1.165) is 17.5 Å². The molecule has 0 saturated heterocycles. The molecule has 1 aliphatic heterocycles. The summed E-state index contributed by atoms with van der Waals surface area (Å²) in [5.74, 6) is -0.0722. The predicted molar refractivity (Wildman–Crippen MR) is 140 cm³/mol. The van der Waals surface area contributed by atoms with Crippen molar-refractivity contribution in [2.75, 3.05) is 19.6 Å². The molecule has 1 atom stereocenters. The maximum Gasteiger partial charge on any atom is 0.254 e. The Morgan fingerprint density at radius 1 is 1.09 bits per heavy atom. The number of hydrogen-bond acceptors (Lipinski definition) is 3. The largest absolute Gasteiger partial charge is 0.330 e. The van der Waals surface area contributed by atoms with Crippen molar-refractivity contribution in [3.63, 3.8) is 0 Å². The Labute approximate surface area is 215 Å². The molecule has 0 N–H and O–H groups in total. The number of halogens is 2. The number of nitrogens with zero attached hydrogens (tertiary/aromatic N) is 2. The molecule has 2 heterocycles. The smallest absolute Gasteiger partial charge is 0.254 e. The number of carbonyl (C=O) groups is 2. The van der Waals surface area contributed by atoms with Crippen LogP contribution in [0.2, 0.25) is 10.0 Å². The van der Waals surface area contributed by atoms with Crippen molar-refractivity contribution in [1.82, 2.24) is 9.80 Å². The highest BCUT2D eigenvalue weighted by Crippen LogP contribution is 2.39. The van der Waals surface area contributed by atoms with Crippen LogP contribution in [0.25, 0.3) is 0 Å². The standard InChI is InChI=1S/C27H28Cl2N2O2S/c1-17(2)15-30(27(33)19-8-9-22(28)23(29)14-19)16-25(32)31-12-10-24-21(11-13-34-24)26(31)20-7-5-4-6-18(20)3/h4-9,11,13-14,17,26H,10,12,15-16H2,1-3H3. The molecule has 4 nitrogen and oxygen atoms in total. The zero-order valence-corrected chi connectivity index (χ0v) is 21.9. The third kappa shape index (κ3) is 5.17. The Kier molecular flexibility index (Phi) is 7.66. The van der Waals surface area contributed by atoms with E-state index in [1.165, 1.54) is 10.4 Å². The first kappa shape index (κ1) is 24.8. The predicted octanol–water partition coefficient (Wildman–Crippen LogP) is 6.64. The molecule has 4 rings (SSSR count). The summed E-state index contributed by atoms with van der Waals surface area (Å²) in [6, 6.07) is 15.0. The van der Waals surface area contributed by atoms with Gasteiger partial charge in [-0.15, -0.1) is 11.3 Å². The monoisotopic (exact) mass is 514 g/mol. The Hall–Kier alpha value is -2.34. The molecule has 1 unspecified atom stereocenters. The van der Waals surface area contributed by atoms with Crippen molar-refractivity contribution in [1.29, 1.82) is 0 Å². The molecule has 178 valence electrons. The maximum absolute atomic E-state index is 13.8. The average Bonchev–Trinajstić information content (AvgIpc) is 3.28. The average molecular weight is 516 g/mol. The van der Waals surface area contributed by atoms with Crippen LogP contribution in [-0.4, -0.2) is 41.2 Å². The molecule has 7 heteroatoms. The molecule has 0 fully saturated rings. The van der Waals surface area contributed by atoms with Crippen LogP contribution >= 0.6 is 34.5 Å². The number of amides is 2. The molecule has 0 spiro atoms. The summed E-state index contributed by atoms with van der Waals surface area (Å²) in [5, 5.41) is 2.82. The van der Waals surface area contributed by atoms with Gasteiger partial charge >= 0.3 is 0 Å². The highest BCUT2D eigenvalue weighted by Gasteiger charge is 2.34. The lowest BCUT2D eigenvalue weighted by Gasteiger charge is -2.38. The summed E-state index contributed by atoms with van der Waals surface area (Å²) in [5.41, 5.74) is 3.89. The van der Waals surface area contributed by atoms with Gasteiger partial charge in [0, 0.05) is 23.5 Å². The first-order valence-electron chi connectivity index (χ1n) is 11.4. The van der Waals surface area contributed by atoms with Crippen LogP contribution in [0.1, 0.15) is 51.8 Å². The highest BCUT2D eigenvalue weighted by molar-refractivity contribution is 7.10. The van der Waals surface area contributed by atoms with Crippen molar-refractivity contribution in [2.45, 2.75) is 33.2 Å². The van der Waals surface area contributed by atoms with Gasteiger partial charge in [-0.25, -0.2) is 0 Å². The lowest BCUT2D eigenvalue weighted by Crippen LogP contribution is -2.47. The van der Waals surface area contributed by atoms with E-state index in [-0.39, 0.29) is 30.3 Å². The Balaban J connectivity index is 1.64. The molecular weight excluding hydrogens is 487 g/mol. The van der Waals surface area contributed by atoms with E-state index in [2.05, 4.69) is 30.5 Å². The second-order valence-electron chi connectivity index (χ2n) is 9.10. The van der Waals surface area contributed by atoms with Crippen LogP contribution in [0, 0.1) is 12.8 Å². The van der Waals surface area contributed by atoms with Gasteiger partial charge in [-0.3, -0.25) is 9.59 Å². The molecule has 0 radical (unpaired) electrons. The number of benzene rings is 2. The number of thiophene rings is 1. The van der Waals surface area contributed by atoms with Crippen molar-refractivity contribution < 1.29 is 9.59 Å². The summed E-state index contributed by atoms with van der Waals surface area (Å²) in [7, 11) is 0. The first-order chi connectivity index (χ1) is 16.3. The van der Waals surface area contributed by atoms with Gasteiger partial charge in [-0.2, -0.15) is 0 Å². The fraction of sp³-hybridized carbons (Fsp3) is 0.333. The van der Waals surface area contributed by atoms with E-state index in [4.69, 9.17) is 23.2 Å². The SMILES string of the molecule is Cc1ccccc1C1c2ccsc2CCN1C(=O)CN(CC(C)C)C(=O)c1ccc(Cl)c(Cl)c1. The van der Waals surface area contributed by atoms with Gasteiger partial charge in [0.2, 0.25) is 5.91 Å². The quantitative estimate of drug-likeness (QED) is 0.370. The van der Waals surface area contributed by atoms with E-state index >= 15 is 0 Å². The van der Waals surface area contributed by atoms with Crippen molar-refractivity contribution in [3.05, 3.63) is 91.1 Å². The van der Waals surface area contributed by atoms with Crippen molar-refractivity contribution in [2.24, 2.45) is 5.92 Å². The zero-order valence-electron chi connectivity index (χ0n) is 19.6. The lowest BCUT2D eigenvalue weighted by molar-refractivity contribution is -0.134. The number of carbonyl (C=O) groups excluding carboxylic acids is 2. The molecule has 1 aliphatic rings. The Morgan fingerprint density at radius 3 is 2.56 bits per heavy atom. The normalized spacial score (nSPS) is 15.4. The molecule has 0 saturated carbocycles. The third-order valence-corrected chi connectivity index (χ3v) is 7.87. The first-order valence-corrected chi connectivity index (χ1v) is 13.1. The van der Waals surface area contributed by atoms with Crippen LogP contribution in [0.3, 0.4) is 0 Å². The van der Waals surface area contributed by atoms with Crippen molar-refractivity contribution in [3.8, 4) is 0 Å². The van der Waals surface area contributed by atoms with Gasteiger partial charge < -0.3 is 9.80 Å². The zero-order chi connectivity index (χ0) is 24.4. The number of fused-ring (bicyclic) bond motifs is 1. The van der Waals surface area contributed by atoms with Crippen LogP contribution in [-0.2, 0) is 11.2 Å². The van der Waals surface area contributed by atoms with Gasteiger partial charge in [0.1, 0.15) is 6.54 Å². The lowest BCUT2D eigenvalue weighted by atomic mass is 9.90. The molecule has 2 aromatic carbocycles. The van der Waals surface area contributed by atoms with Gasteiger partial charge in [-0.05, 0) is 65.6 Å². The maximum atomic E-state index is 13.8. The summed E-state index contributed by atoms with van der Waals surface area (Å²) in [4.78, 5) is 32.0. The van der Waals surface area contributed by atoms with Crippen LogP contribution in [0.4, 0.5) is 0 Å². The topological polar surface area (TPSA) is 40.6 Å². The van der Waals surface area contributed by atoms with E-state index in [1.54, 1.807) is 34.4 Å². The Morgan fingerprint density at radius 2 is 1.85 bits per heavy atom. The van der Waals surface area contributed by atoms with Crippen LogP contribution < -0.4 is 0 Å². The third-order valence-electron chi connectivity index (χ3n) is 6.13. The second-order valence-corrected chi connectivity index (χ2v) is 10.9. The molecule has 2 amide bonds. The summed E-state index contributed by atoms with van der Waals surface area (Å²) in [6.45, 7) is 7.26. The molecular formula is C27H28Cl2N2O2S. The fourth-order valence-electron chi connectivity index (χ4n) is 4.54. The van der Waals surface area contributed by atoms with E-state index in [9.17, 15) is 9.59 Å². The van der Waals surface area contributed by atoms with Gasteiger partial charge in [0.05, 0.1) is 16.1 Å². The summed E-state index contributed by atoms with van der Waals surface area (Å²) in [6.07, 6.45) is 0.825. The van der Waals surface area contributed by atoms with Gasteiger partial charge in [0.15, 0.2) is 0 Å². The van der Waals surface area contributed by atoms with Gasteiger partial charge in [-0.1, -0.05) is 61.3 Å². The molecule has 1 aromatic heterocycles. The molecule has 3 aromatic rings. The van der Waals surface area contributed by atoms with Crippen LogP contribution in [0.15, 0.2) is 53.9 Å². The minimum atomic E-state index is -0.221. The fourth-order valence-corrected chi connectivity index (χ4v) is 5.74. The van der Waals surface area contributed by atoms with E-state index < -0.39 is 0 Å². The van der Waals surface area contributed by atoms with E-state index in [0.29, 0.717) is 28.7 Å². The Bertz CT molecular complexity index is 1210. The highest BCUT2D eigenvalue weighted by atomic mass is 35.5. The minimum absolute atomic E-state index is 0.0130. The van der Waals surface area contributed by atoms with Gasteiger partial charge in [0.25, 0.3) is 5.91 Å². The second kappa shape index (κ2) is 10.5. The molecule has 34 heavy (non-hydrogen) atoms. The number of hydrogen-bond donors (Lipinski definition) is 0.